The molecule has 1 aromatic heterocycles. The van der Waals surface area contributed by atoms with Gasteiger partial charge in [-0.05, 0) is 42.0 Å². The quantitative estimate of drug-likeness (QED) is 0.675. The zero-order valence-corrected chi connectivity index (χ0v) is 15.5. The summed E-state index contributed by atoms with van der Waals surface area (Å²) in [5.41, 5.74) is 6.44. The Kier molecular flexibility index (Phi) is 5.33. The summed E-state index contributed by atoms with van der Waals surface area (Å²) in [5.74, 6) is 0.908. The smallest absolute Gasteiger partial charge is 0.416 e. The molecular formula is C21H16F3N3O2. The molecule has 8 heteroatoms. The van der Waals surface area contributed by atoms with Gasteiger partial charge in [0, 0.05) is 11.1 Å². The predicted molar refractivity (Wildman–Crippen MR) is 102 cm³/mol. The maximum atomic E-state index is 13.1. The van der Waals surface area contributed by atoms with Crippen molar-refractivity contribution in [1.82, 2.24) is 4.98 Å². The summed E-state index contributed by atoms with van der Waals surface area (Å²) < 4.78 is 50.0. The molecule has 0 bridgehead atoms. The van der Waals surface area contributed by atoms with E-state index in [1.165, 1.54) is 32.4 Å². The fourth-order valence-corrected chi connectivity index (χ4v) is 2.93. The molecule has 148 valence electrons. The van der Waals surface area contributed by atoms with Gasteiger partial charge in [0.2, 0.25) is 0 Å². The lowest BCUT2D eigenvalue weighted by Gasteiger charge is -2.14. The maximum absolute atomic E-state index is 13.1. The Bertz CT molecular complexity index is 1110. The second-order valence-electron chi connectivity index (χ2n) is 6.07. The summed E-state index contributed by atoms with van der Waals surface area (Å²) in [7, 11) is 2.98. The van der Waals surface area contributed by atoms with Crippen molar-refractivity contribution < 1.29 is 22.6 Å². The van der Waals surface area contributed by atoms with Gasteiger partial charge >= 0.3 is 6.18 Å². The summed E-state index contributed by atoms with van der Waals surface area (Å²) in [6.07, 6.45) is -4.51. The molecule has 0 aliphatic carbocycles. The SMILES string of the molecule is COc1ccc(OC)c(-c2cc(-c3cccc(C(F)(F)F)c3)c(C#N)c(N)n2)c1. The number of alkyl halides is 3. The first kappa shape index (κ1) is 20.0. The van der Waals surface area contributed by atoms with Crippen molar-refractivity contribution in [2.75, 3.05) is 20.0 Å². The van der Waals surface area contributed by atoms with Crippen LogP contribution >= 0.6 is 0 Å². The molecule has 0 saturated carbocycles. The molecule has 0 amide bonds. The Balaban J connectivity index is 2.26. The number of benzene rings is 2. The van der Waals surface area contributed by atoms with E-state index in [9.17, 15) is 18.4 Å². The number of hydrogen-bond acceptors (Lipinski definition) is 5. The minimum Gasteiger partial charge on any atom is -0.497 e. The van der Waals surface area contributed by atoms with E-state index in [0.717, 1.165) is 12.1 Å². The number of pyridine rings is 1. The number of nitrogens with two attached hydrogens (primary N) is 1. The van der Waals surface area contributed by atoms with Crippen LogP contribution in [0.1, 0.15) is 11.1 Å². The normalized spacial score (nSPS) is 11.0. The number of hydrogen-bond donors (Lipinski definition) is 1. The number of halogens is 3. The molecule has 0 radical (unpaired) electrons. The van der Waals surface area contributed by atoms with Crippen LogP contribution in [0.5, 0.6) is 11.5 Å². The van der Waals surface area contributed by atoms with E-state index in [1.54, 1.807) is 18.2 Å². The van der Waals surface area contributed by atoms with E-state index in [0.29, 0.717) is 22.8 Å². The fraction of sp³-hybridized carbons (Fsp3) is 0.143. The van der Waals surface area contributed by atoms with Crippen molar-refractivity contribution in [2.24, 2.45) is 0 Å². The predicted octanol–water partition coefficient (Wildman–Crippen LogP) is 4.91. The third kappa shape index (κ3) is 3.94. The molecule has 1 heterocycles. The van der Waals surface area contributed by atoms with Gasteiger partial charge in [-0.25, -0.2) is 4.98 Å². The third-order valence-corrected chi connectivity index (χ3v) is 4.34. The number of aromatic nitrogens is 1. The molecule has 2 N–H and O–H groups in total. The van der Waals surface area contributed by atoms with Crippen LogP contribution in [0.2, 0.25) is 0 Å². The minimum absolute atomic E-state index is 0.00469. The largest absolute Gasteiger partial charge is 0.497 e. The van der Waals surface area contributed by atoms with Crippen molar-refractivity contribution in [2.45, 2.75) is 6.18 Å². The molecule has 0 aliphatic rings. The van der Waals surface area contributed by atoms with Crippen LogP contribution in [0, 0.1) is 11.3 Å². The molecule has 0 fully saturated rings. The second kappa shape index (κ2) is 7.72. The van der Waals surface area contributed by atoms with Crippen LogP contribution in [-0.4, -0.2) is 19.2 Å². The standard InChI is InChI=1S/C21H16F3N3O2/c1-28-14-6-7-19(29-2)16(9-14)18-10-15(17(11-25)20(26)27-18)12-4-3-5-13(8-12)21(22,23)24/h3-10H,1-2H3,(H2,26,27). The maximum Gasteiger partial charge on any atom is 0.416 e. The topological polar surface area (TPSA) is 81.2 Å². The zero-order chi connectivity index (χ0) is 21.2. The van der Waals surface area contributed by atoms with Gasteiger partial charge in [0.15, 0.2) is 0 Å². The lowest BCUT2D eigenvalue weighted by atomic mass is 9.96. The average Bonchev–Trinajstić information content (AvgIpc) is 2.72. The highest BCUT2D eigenvalue weighted by Gasteiger charge is 2.30. The number of nitriles is 1. The molecule has 5 nitrogen and oxygen atoms in total. The van der Waals surface area contributed by atoms with Gasteiger partial charge in [0.25, 0.3) is 0 Å². The molecule has 3 aromatic rings. The average molecular weight is 399 g/mol. The third-order valence-electron chi connectivity index (χ3n) is 4.34. The molecule has 0 atom stereocenters. The van der Waals surface area contributed by atoms with Crippen molar-refractivity contribution in [1.29, 1.82) is 5.26 Å². The van der Waals surface area contributed by atoms with Crippen LogP contribution in [0.3, 0.4) is 0 Å². The summed E-state index contributed by atoms with van der Waals surface area (Å²) in [6.45, 7) is 0. The molecule has 3 rings (SSSR count). The number of rotatable bonds is 4. The fourth-order valence-electron chi connectivity index (χ4n) is 2.93. The molecule has 2 aromatic carbocycles. The van der Waals surface area contributed by atoms with Gasteiger partial charge in [0.05, 0.1) is 25.5 Å². The Morgan fingerprint density at radius 3 is 2.38 bits per heavy atom. The number of anilines is 1. The Morgan fingerprint density at radius 2 is 1.76 bits per heavy atom. The van der Waals surface area contributed by atoms with Crippen LogP contribution < -0.4 is 15.2 Å². The summed E-state index contributed by atoms with van der Waals surface area (Å²) in [6, 6.07) is 13.2. The van der Waals surface area contributed by atoms with Crippen LogP contribution in [-0.2, 0) is 6.18 Å². The number of nitrogen functional groups attached to an aromatic ring is 1. The Morgan fingerprint density at radius 1 is 1.00 bits per heavy atom. The van der Waals surface area contributed by atoms with Gasteiger partial charge in [-0.1, -0.05) is 12.1 Å². The minimum atomic E-state index is -4.51. The summed E-state index contributed by atoms with van der Waals surface area (Å²) in [5, 5.41) is 9.50. The molecule has 0 saturated heterocycles. The number of methoxy groups -OCH3 is 2. The Labute approximate surface area is 165 Å². The second-order valence-corrected chi connectivity index (χ2v) is 6.07. The first-order chi connectivity index (χ1) is 13.8. The highest BCUT2D eigenvalue weighted by atomic mass is 19.4. The Hall–Kier alpha value is -3.73. The monoisotopic (exact) mass is 399 g/mol. The van der Waals surface area contributed by atoms with Crippen LogP contribution in [0.15, 0.2) is 48.5 Å². The zero-order valence-electron chi connectivity index (χ0n) is 15.5. The lowest BCUT2D eigenvalue weighted by Crippen LogP contribution is -2.05. The van der Waals surface area contributed by atoms with Crippen LogP contribution in [0.4, 0.5) is 19.0 Å². The van der Waals surface area contributed by atoms with Gasteiger partial charge in [-0.2, -0.15) is 18.4 Å². The van der Waals surface area contributed by atoms with Gasteiger partial charge in [-0.15, -0.1) is 0 Å². The van der Waals surface area contributed by atoms with E-state index >= 15 is 0 Å². The molecule has 0 spiro atoms. The number of ether oxygens (including phenoxy) is 2. The highest BCUT2D eigenvalue weighted by Crippen LogP contribution is 2.38. The van der Waals surface area contributed by atoms with Crippen molar-refractivity contribution in [3.8, 4) is 40.0 Å². The number of nitrogens with zero attached hydrogens (tertiary/aromatic N) is 2. The summed E-state index contributed by atoms with van der Waals surface area (Å²) >= 11 is 0. The van der Waals surface area contributed by atoms with Crippen molar-refractivity contribution in [3.63, 3.8) is 0 Å². The van der Waals surface area contributed by atoms with E-state index < -0.39 is 11.7 Å². The summed E-state index contributed by atoms with van der Waals surface area (Å²) in [4.78, 5) is 4.25. The first-order valence-electron chi connectivity index (χ1n) is 8.39. The van der Waals surface area contributed by atoms with E-state index in [-0.39, 0.29) is 22.5 Å². The van der Waals surface area contributed by atoms with Crippen molar-refractivity contribution >= 4 is 5.82 Å². The van der Waals surface area contributed by atoms with Gasteiger partial charge in [-0.3, -0.25) is 0 Å². The molecule has 0 unspecified atom stereocenters. The van der Waals surface area contributed by atoms with Crippen molar-refractivity contribution in [3.05, 3.63) is 59.7 Å². The highest BCUT2D eigenvalue weighted by molar-refractivity contribution is 5.82. The lowest BCUT2D eigenvalue weighted by molar-refractivity contribution is -0.137. The molecule has 29 heavy (non-hydrogen) atoms. The molecule has 0 aliphatic heterocycles. The van der Waals surface area contributed by atoms with E-state index in [1.807, 2.05) is 6.07 Å². The van der Waals surface area contributed by atoms with E-state index in [2.05, 4.69) is 4.98 Å². The molecular weight excluding hydrogens is 383 g/mol. The van der Waals surface area contributed by atoms with Gasteiger partial charge < -0.3 is 15.2 Å². The van der Waals surface area contributed by atoms with E-state index in [4.69, 9.17) is 15.2 Å². The van der Waals surface area contributed by atoms with Crippen LogP contribution in [0.25, 0.3) is 22.4 Å². The first-order valence-corrected chi connectivity index (χ1v) is 8.39. The van der Waals surface area contributed by atoms with Gasteiger partial charge in [0.1, 0.15) is 28.9 Å².